The Bertz CT molecular complexity index is 465. The fraction of sp³-hybridized carbons (Fsp3) is 0.0909. The summed E-state index contributed by atoms with van der Waals surface area (Å²) in [5, 5.41) is 10.8. The molecule has 0 unspecified atom stereocenters. The summed E-state index contributed by atoms with van der Waals surface area (Å²) >= 11 is 3.23. The average Bonchev–Trinajstić information content (AvgIpc) is 2.80. The molecule has 0 saturated heterocycles. The molecule has 3 nitrogen and oxygen atoms in total. The van der Waals surface area contributed by atoms with Gasteiger partial charge in [0.15, 0.2) is 0 Å². The van der Waals surface area contributed by atoms with E-state index in [9.17, 15) is 4.79 Å². The van der Waals surface area contributed by atoms with E-state index in [1.165, 1.54) is 0 Å². The number of nitrogens with zero attached hydrogens (tertiary/aromatic N) is 1. The van der Waals surface area contributed by atoms with Crippen LogP contribution in [0.2, 0.25) is 0 Å². The number of carbonyl (C=O) groups is 1. The van der Waals surface area contributed by atoms with Crippen molar-refractivity contribution < 1.29 is 9.90 Å². The maximum Gasteiger partial charge on any atom is 0.335 e. The number of rotatable bonds is 4. The molecule has 16 heavy (non-hydrogen) atoms. The fourth-order valence-electron chi connectivity index (χ4n) is 1.16. The molecule has 2 rings (SSSR count). The van der Waals surface area contributed by atoms with E-state index < -0.39 is 5.97 Å². The molecule has 5 heteroatoms. The highest BCUT2D eigenvalue weighted by molar-refractivity contribution is 7.98. The molecular formula is C11H9NO2S2. The number of benzene rings is 1. The molecule has 0 aliphatic heterocycles. The second-order valence-corrected chi connectivity index (χ2v) is 4.87. The van der Waals surface area contributed by atoms with Crippen LogP contribution in [-0.4, -0.2) is 16.1 Å². The number of carboxylic acid groups (broad SMARTS) is 1. The summed E-state index contributed by atoms with van der Waals surface area (Å²) in [7, 11) is 0. The van der Waals surface area contributed by atoms with Crippen LogP contribution in [0.5, 0.6) is 0 Å². The summed E-state index contributed by atoms with van der Waals surface area (Å²) in [6.07, 6.45) is 0. The molecule has 1 heterocycles. The van der Waals surface area contributed by atoms with Crippen LogP contribution in [0.25, 0.3) is 0 Å². The van der Waals surface area contributed by atoms with Gasteiger partial charge in [0.05, 0.1) is 16.8 Å². The molecule has 1 N–H and O–H groups in total. The molecular weight excluding hydrogens is 242 g/mol. The molecule has 0 aliphatic rings. The molecule has 1 aromatic carbocycles. The number of aromatic nitrogens is 1. The number of thioether (sulfide) groups is 1. The van der Waals surface area contributed by atoms with Crippen molar-refractivity contribution in [3.8, 4) is 0 Å². The van der Waals surface area contributed by atoms with Gasteiger partial charge in [0.25, 0.3) is 0 Å². The van der Waals surface area contributed by atoms with Gasteiger partial charge in [0.1, 0.15) is 0 Å². The third-order valence-corrected chi connectivity index (χ3v) is 3.65. The van der Waals surface area contributed by atoms with Crippen LogP contribution in [0.1, 0.15) is 16.1 Å². The van der Waals surface area contributed by atoms with Gasteiger partial charge in [-0.1, -0.05) is 0 Å². The first kappa shape index (κ1) is 11.2. The van der Waals surface area contributed by atoms with Crippen LogP contribution in [0.4, 0.5) is 0 Å². The molecule has 1 aromatic heterocycles. The Labute approximate surface area is 101 Å². The number of aromatic carboxylic acids is 1. The normalized spacial score (nSPS) is 10.2. The lowest BCUT2D eigenvalue weighted by Gasteiger charge is -2.00. The van der Waals surface area contributed by atoms with Crippen LogP contribution in [0.15, 0.2) is 40.1 Å². The van der Waals surface area contributed by atoms with Gasteiger partial charge >= 0.3 is 5.97 Å². The standard InChI is InChI=1S/C11H9NO2S2/c13-11(14)8-1-3-10(4-2-8)16-6-9-5-15-7-12-9/h1-5,7H,6H2,(H,13,14). The maximum atomic E-state index is 10.6. The van der Waals surface area contributed by atoms with Crippen molar-refractivity contribution in [3.05, 3.63) is 46.4 Å². The van der Waals surface area contributed by atoms with Gasteiger partial charge in [-0.15, -0.1) is 23.1 Å². The van der Waals surface area contributed by atoms with Gasteiger partial charge in [-0.3, -0.25) is 0 Å². The third kappa shape index (κ3) is 2.84. The molecule has 82 valence electrons. The Morgan fingerprint density at radius 1 is 1.38 bits per heavy atom. The Morgan fingerprint density at radius 2 is 2.12 bits per heavy atom. The van der Waals surface area contributed by atoms with Crippen LogP contribution < -0.4 is 0 Å². The highest BCUT2D eigenvalue weighted by Gasteiger charge is 2.02. The van der Waals surface area contributed by atoms with Crippen molar-refractivity contribution >= 4 is 29.1 Å². The van der Waals surface area contributed by atoms with Crippen LogP contribution in [-0.2, 0) is 5.75 Å². The highest BCUT2D eigenvalue weighted by atomic mass is 32.2. The number of carboxylic acids is 1. The minimum absolute atomic E-state index is 0.318. The van der Waals surface area contributed by atoms with Gasteiger partial charge in [-0.05, 0) is 24.3 Å². The highest BCUT2D eigenvalue weighted by Crippen LogP contribution is 2.22. The lowest BCUT2D eigenvalue weighted by molar-refractivity contribution is 0.0697. The van der Waals surface area contributed by atoms with E-state index in [-0.39, 0.29) is 0 Å². The summed E-state index contributed by atoms with van der Waals surface area (Å²) in [4.78, 5) is 15.9. The molecule has 0 aliphatic carbocycles. The molecule has 0 spiro atoms. The summed E-state index contributed by atoms with van der Waals surface area (Å²) in [6.45, 7) is 0. The molecule has 0 saturated carbocycles. The molecule has 0 bridgehead atoms. The van der Waals surface area contributed by atoms with Gasteiger partial charge in [0, 0.05) is 16.0 Å². The summed E-state index contributed by atoms with van der Waals surface area (Å²) in [6, 6.07) is 6.87. The number of thiazole rings is 1. The van der Waals surface area contributed by atoms with Gasteiger partial charge in [0.2, 0.25) is 0 Å². The van der Waals surface area contributed by atoms with Crippen LogP contribution in [0.3, 0.4) is 0 Å². The van der Waals surface area contributed by atoms with E-state index in [2.05, 4.69) is 4.98 Å². The van der Waals surface area contributed by atoms with Gasteiger partial charge < -0.3 is 5.11 Å². The van der Waals surface area contributed by atoms with E-state index >= 15 is 0 Å². The Kier molecular flexibility index (Phi) is 3.58. The van der Waals surface area contributed by atoms with Crippen molar-refractivity contribution in [3.63, 3.8) is 0 Å². The van der Waals surface area contributed by atoms with Crippen molar-refractivity contribution in [2.45, 2.75) is 10.6 Å². The lowest BCUT2D eigenvalue weighted by Crippen LogP contribution is -1.94. The van der Waals surface area contributed by atoms with Crippen LogP contribution >= 0.6 is 23.1 Å². The second-order valence-electron chi connectivity index (χ2n) is 3.10. The Hall–Kier alpha value is -1.33. The van der Waals surface area contributed by atoms with Crippen molar-refractivity contribution in [1.29, 1.82) is 0 Å². The average molecular weight is 251 g/mol. The molecule has 0 radical (unpaired) electrons. The zero-order chi connectivity index (χ0) is 11.4. The minimum atomic E-state index is -0.893. The van der Waals surface area contributed by atoms with Crippen molar-refractivity contribution in [1.82, 2.24) is 4.98 Å². The molecule has 0 amide bonds. The first-order valence-corrected chi connectivity index (χ1v) is 6.52. The Balaban J connectivity index is 1.98. The predicted molar refractivity (Wildman–Crippen MR) is 65.1 cm³/mol. The second kappa shape index (κ2) is 5.14. The zero-order valence-electron chi connectivity index (χ0n) is 8.29. The molecule has 2 aromatic rings. The SMILES string of the molecule is O=C(O)c1ccc(SCc2cscn2)cc1. The van der Waals surface area contributed by atoms with Crippen LogP contribution in [0, 0.1) is 0 Å². The first-order valence-electron chi connectivity index (χ1n) is 4.59. The number of hydrogen-bond acceptors (Lipinski definition) is 4. The smallest absolute Gasteiger partial charge is 0.335 e. The monoisotopic (exact) mass is 251 g/mol. The number of hydrogen-bond donors (Lipinski definition) is 1. The predicted octanol–water partition coefficient (Wildman–Crippen LogP) is 3.13. The third-order valence-electron chi connectivity index (χ3n) is 1.97. The molecule has 0 atom stereocenters. The quantitative estimate of drug-likeness (QED) is 0.848. The maximum absolute atomic E-state index is 10.6. The van der Waals surface area contributed by atoms with E-state index in [0.29, 0.717) is 5.56 Å². The Morgan fingerprint density at radius 3 is 2.69 bits per heavy atom. The van der Waals surface area contributed by atoms with Gasteiger partial charge in [-0.25, -0.2) is 9.78 Å². The van der Waals surface area contributed by atoms with E-state index in [4.69, 9.17) is 5.11 Å². The largest absolute Gasteiger partial charge is 0.478 e. The van der Waals surface area contributed by atoms with E-state index in [1.807, 2.05) is 23.0 Å². The fourth-order valence-corrected chi connectivity index (χ4v) is 2.62. The van der Waals surface area contributed by atoms with E-state index in [0.717, 1.165) is 16.3 Å². The lowest BCUT2D eigenvalue weighted by atomic mass is 10.2. The topological polar surface area (TPSA) is 50.2 Å². The summed E-state index contributed by atoms with van der Waals surface area (Å²) < 4.78 is 0. The minimum Gasteiger partial charge on any atom is -0.478 e. The molecule has 0 fully saturated rings. The zero-order valence-corrected chi connectivity index (χ0v) is 9.92. The first-order chi connectivity index (χ1) is 7.75. The van der Waals surface area contributed by atoms with Crippen molar-refractivity contribution in [2.75, 3.05) is 0 Å². The summed E-state index contributed by atoms with van der Waals surface area (Å²) in [5.41, 5.74) is 3.18. The summed E-state index contributed by atoms with van der Waals surface area (Å²) in [5.74, 6) is -0.0772. The van der Waals surface area contributed by atoms with Crippen molar-refractivity contribution in [2.24, 2.45) is 0 Å². The van der Waals surface area contributed by atoms with Gasteiger partial charge in [-0.2, -0.15) is 0 Å². The van der Waals surface area contributed by atoms with E-state index in [1.54, 1.807) is 35.2 Å².